The summed E-state index contributed by atoms with van der Waals surface area (Å²) in [7, 11) is 1.73. The van der Waals surface area contributed by atoms with Gasteiger partial charge in [0.2, 0.25) is 0 Å². The Hall–Kier alpha value is -2.80. The third-order valence-electron chi connectivity index (χ3n) is 5.07. The van der Waals surface area contributed by atoms with Crippen LogP contribution < -0.4 is 10.2 Å². The van der Waals surface area contributed by atoms with Gasteiger partial charge in [0.15, 0.2) is 6.10 Å². The van der Waals surface area contributed by atoms with Crippen molar-refractivity contribution in [2.45, 2.75) is 58.5 Å². The lowest BCUT2D eigenvalue weighted by atomic mass is 10.1. The summed E-state index contributed by atoms with van der Waals surface area (Å²) in [6.45, 7) is 4.93. The summed E-state index contributed by atoms with van der Waals surface area (Å²) >= 11 is 0. The smallest absolute Gasteiger partial charge is 0.333 e. The monoisotopic (exact) mass is 430 g/mol. The van der Waals surface area contributed by atoms with Crippen LogP contribution in [0.5, 0.6) is 0 Å². The van der Waals surface area contributed by atoms with Crippen LogP contribution >= 0.6 is 0 Å². The highest BCUT2D eigenvalue weighted by molar-refractivity contribution is 5.92. The SMILES string of the molecule is CCCCCCCNC(=O)N(C)c1cccc(-c2ccc(CC(OCC)C(=O)O)o2)c1. The van der Waals surface area contributed by atoms with E-state index in [1.165, 1.54) is 19.3 Å². The van der Waals surface area contributed by atoms with Crippen molar-refractivity contribution in [3.8, 4) is 11.3 Å². The number of carbonyl (C=O) groups excluding carboxylic acids is 1. The van der Waals surface area contributed by atoms with Crippen molar-refractivity contribution in [2.75, 3.05) is 25.1 Å². The number of ether oxygens (including phenoxy) is 1. The first-order valence-electron chi connectivity index (χ1n) is 11.0. The number of nitrogens with one attached hydrogen (secondary N) is 1. The van der Waals surface area contributed by atoms with Gasteiger partial charge in [0.1, 0.15) is 11.5 Å². The van der Waals surface area contributed by atoms with Crippen LogP contribution in [0, 0.1) is 0 Å². The Morgan fingerprint density at radius 1 is 1.13 bits per heavy atom. The maximum absolute atomic E-state index is 12.5. The first kappa shape index (κ1) is 24.5. The number of benzene rings is 1. The van der Waals surface area contributed by atoms with Gasteiger partial charge in [-0.15, -0.1) is 0 Å². The van der Waals surface area contributed by atoms with Crippen LogP contribution in [0.25, 0.3) is 11.3 Å². The zero-order valence-corrected chi connectivity index (χ0v) is 18.7. The van der Waals surface area contributed by atoms with Crippen LogP contribution in [0.1, 0.15) is 51.7 Å². The maximum atomic E-state index is 12.5. The Morgan fingerprint density at radius 3 is 2.61 bits per heavy atom. The van der Waals surface area contributed by atoms with E-state index in [1.807, 2.05) is 24.3 Å². The van der Waals surface area contributed by atoms with E-state index >= 15 is 0 Å². The average molecular weight is 431 g/mol. The van der Waals surface area contributed by atoms with Gasteiger partial charge < -0.3 is 19.6 Å². The summed E-state index contributed by atoms with van der Waals surface area (Å²) in [5.41, 5.74) is 1.56. The molecule has 7 nitrogen and oxygen atoms in total. The zero-order chi connectivity index (χ0) is 22.6. The van der Waals surface area contributed by atoms with E-state index in [4.69, 9.17) is 9.15 Å². The number of unbranched alkanes of at least 4 members (excludes halogenated alkanes) is 4. The van der Waals surface area contributed by atoms with Crippen molar-refractivity contribution in [1.29, 1.82) is 0 Å². The first-order valence-corrected chi connectivity index (χ1v) is 11.0. The molecule has 0 saturated heterocycles. The van der Waals surface area contributed by atoms with E-state index in [2.05, 4.69) is 12.2 Å². The van der Waals surface area contributed by atoms with Gasteiger partial charge >= 0.3 is 12.0 Å². The van der Waals surface area contributed by atoms with Gasteiger partial charge in [0.25, 0.3) is 0 Å². The van der Waals surface area contributed by atoms with Gasteiger partial charge in [0.05, 0.1) is 0 Å². The van der Waals surface area contributed by atoms with E-state index in [-0.39, 0.29) is 12.5 Å². The van der Waals surface area contributed by atoms with E-state index in [0.717, 1.165) is 24.1 Å². The molecular formula is C24H34N2O5. The third-order valence-corrected chi connectivity index (χ3v) is 5.07. The fourth-order valence-corrected chi connectivity index (χ4v) is 3.27. The number of carboxylic acid groups (broad SMARTS) is 1. The number of amides is 2. The van der Waals surface area contributed by atoms with Gasteiger partial charge in [-0.2, -0.15) is 0 Å². The van der Waals surface area contributed by atoms with Crippen LogP contribution in [-0.2, 0) is 16.0 Å². The van der Waals surface area contributed by atoms with Crippen molar-refractivity contribution in [3.63, 3.8) is 0 Å². The summed E-state index contributed by atoms with van der Waals surface area (Å²) in [4.78, 5) is 25.3. The number of carboxylic acids is 1. The second-order valence-corrected chi connectivity index (χ2v) is 7.51. The molecule has 7 heteroatoms. The highest BCUT2D eigenvalue weighted by atomic mass is 16.5. The Morgan fingerprint density at radius 2 is 1.90 bits per heavy atom. The minimum absolute atomic E-state index is 0.145. The highest BCUT2D eigenvalue weighted by Gasteiger charge is 2.20. The number of carbonyl (C=O) groups is 2. The number of urea groups is 1. The topological polar surface area (TPSA) is 92.0 Å². The van der Waals surface area contributed by atoms with Crippen molar-refractivity contribution < 1.29 is 23.8 Å². The third kappa shape index (κ3) is 7.75. The molecule has 0 fully saturated rings. The fourth-order valence-electron chi connectivity index (χ4n) is 3.27. The largest absolute Gasteiger partial charge is 0.479 e. The molecule has 2 amide bonds. The summed E-state index contributed by atoms with van der Waals surface area (Å²) in [5.74, 6) is 0.137. The van der Waals surface area contributed by atoms with E-state index in [0.29, 0.717) is 24.7 Å². The number of anilines is 1. The molecule has 0 saturated carbocycles. The number of hydrogen-bond donors (Lipinski definition) is 2. The molecule has 2 N–H and O–H groups in total. The molecule has 1 aromatic heterocycles. The van der Waals surface area contributed by atoms with Gasteiger partial charge in [-0.05, 0) is 37.6 Å². The fraction of sp³-hybridized carbons (Fsp3) is 0.500. The number of rotatable bonds is 13. The molecule has 0 bridgehead atoms. The van der Waals surface area contributed by atoms with Gasteiger partial charge in [0, 0.05) is 37.9 Å². The van der Waals surface area contributed by atoms with Gasteiger partial charge in [-0.25, -0.2) is 9.59 Å². The molecule has 1 aromatic carbocycles. The molecule has 0 aliphatic rings. The lowest BCUT2D eigenvalue weighted by Gasteiger charge is -2.18. The zero-order valence-electron chi connectivity index (χ0n) is 18.7. The van der Waals surface area contributed by atoms with Crippen LogP contribution in [0.2, 0.25) is 0 Å². The normalized spacial score (nSPS) is 11.8. The maximum Gasteiger partial charge on any atom is 0.333 e. The van der Waals surface area contributed by atoms with E-state index < -0.39 is 12.1 Å². The van der Waals surface area contributed by atoms with Crippen LogP contribution in [-0.4, -0.2) is 43.4 Å². The number of hydrogen-bond acceptors (Lipinski definition) is 4. The Bertz CT molecular complexity index is 833. The molecule has 31 heavy (non-hydrogen) atoms. The minimum Gasteiger partial charge on any atom is -0.479 e. The minimum atomic E-state index is -1.01. The lowest BCUT2D eigenvalue weighted by Crippen LogP contribution is -2.37. The van der Waals surface area contributed by atoms with Gasteiger partial charge in [-0.3, -0.25) is 4.90 Å². The van der Waals surface area contributed by atoms with Crippen LogP contribution in [0.4, 0.5) is 10.5 Å². The summed E-state index contributed by atoms with van der Waals surface area (Å²) in [6, 6.07) is 10.9. The second-order valence-electron chi connectivity index (χ2n) is 7.51. The standard InChI is InChI=1S/C24H34N2O5/c1-4-6-7-8-9-15-25-24(29)26(3)19-12-10-11-18(16-19)21-14-13-20(31-21)17-22(23(27)28)30-5-2/h10-14,16,22H,4-9,15,17H2,1-3H3,(H,25,29)(H,27,28). The quantitative estimate of drug-likeness (QED) is 0.432. The van der Waals surface area contributed by atoms with E-state index in [9.17, 15) is 14.7 Å². The van der Waals surface area contributed by atoms with Crippen molar-refractivity contribution >= 4 is 17.7 Å². The predicted molar refractivity (Wildman–Crippen MR) is 121 cm³/mol. The average Bonchev–Trinajstić information content (AvgIpc) is 3.24. The molecule has 0 aliphatic heterocycles. The van der Waals surface area contributed by atoms with Crippen LogP contribution in [0.3, 0.4) is 0 Å². The molecule has 170 valence electrons. The van der Waals surface area contributed by atoms with Gasteiger partial charge in [-0.1, -0.05) is 44.7 Å². The Balaban J connectivity index is 1.97. The van der Waals surface area contributed by atoms with Crippen LogP contribution in [0.15, 0.2) is 40.8 Å². The Kier molecular flexibility index (Phi) is 10.1. The van der Waals surface area contributed by atoms with Crippen molar-refractivity contribution in [1.82, 2.24) is 5.32 Å². The van der Waals surface area contributed by atoms with Crippen molar-refractivity contribution in [3.05, 3.63) is 42.2 Å². The molecule has 0 radical (unpaired) electrons. The molecule has 1 heterocycles. The molecule has 0 aliphatic carbocycles. The number of aliphatic carboxylic acids is 1. The summed E-state index contributed by atoms with van der Waals surface area (Å²) in [5, 5.41) is 12.2. The predicted octanol–water partition coefficient (Wildman–Crippen LogP) is 5.10. The van der Waals surface area contributed by atoms with E-state index in [1.54, 1.807) is 31.0 Å². The molecule has 2 aromatic rings. The first-order chi connectivity index (χ1) is 15.0. The second kappa shape index (κ2) is 12.8. The summed E-state index contributed by atoms with van der Waals surface area (Å²) in [6.07, 6.45) is 4.96. The molecule has 0 spiro atoms. The highest BCUT2D eigenvalue weighted by Crippen LogP contribution is 2.27. The number of nitrogens with zero attached hydrogens (tertiary/aromatic N) is 1. The Labute approximate surface area is 184 Å². The summed E-state index contributed by atoms with van der Waals surface area (Å²) < 4.78 is 11.1. The molecule has 2 rings (SSSR count). The molecular weight excluding hydrogens is 396 g/mol. The molecule has 1 unspecified atom stereocenters. The lowest BCUT2D eigenvalue weighted by molar-refractivity contribution is -0.150. The molecule has 1 atom stereocenters. The van der Waals surface area contributed by atoms with Crippen molar-refractivity contribution in [2.24, 2.45) is 0 Å². The number of furan rings is 1.